The molecule has 0 bridgehead atoms. The molecule has 63 heavy (non-hydrogen) atoms. The zero-order chi connectivity index (χ0) is 46.0. The van der Waals surface area contributed by atoms with Crippen molar-refractivity contribution in [1.29, 1.82) is 0 Å². The summed E-state index contributed by atoms with van der Waals surface area (Å²) < 4.78 is 73.9. The molecular formula is C43H51N3O15P2. The number of rotatable bonds is 16. The summed E-state index contributed by atoms with van der Waals surface area (Å²) in [6, 6.07) is 20.4. The largest absolute Gasteiger partial charge is 0.484 e. The van der Waals surface area contributed by atoms with Gasteiger partial charge in [-0.1, -0.05) is 55.4 Å². The van der Waals surface area contributed by atoms with Crippen LogP contribution in [0.3, 0.4) is 0 Å². The highest BCUT2D eigenvalue weighted by Crippen LogP contribution is 2.64. The number of ether oxygens (including phenoxy) is 3. The van der Waals surface area contributed by atoms with Crippen LogP contribution in [0, 0.1) is 16.2 Å². The van der Waals surface area contributed by atoms with Crippen molar-refractivity contribution in [1.82, 2.24) is 14.3 Å². The van der Waals surface area contributed by atoms with Crippen LogP contribution in [0.2, 0.25) is 0 Å². The van der Waals surface area contributed by atoms with E-state index in [0.29, 0.717) is 27.8 Å². The van der Waals surface area contributed by atoms with Gasteiger partial charge < -0.3 is 23.6 Å². The number of hydrogen-bond acceptors (Lipinski definition) is 15. The lowest BCUT2D eigenvalue weighted by Gasteiger charge is -2.26. The van der Waals surface area contributed by atoms with Gasteiger partial charge in [0.05, 0.1) is 43.3 Å². The summed E-state index contributed by atoms with van der Waals surface area (Å²) in [5.41, 5.74) is -1.77. The SMILES string of the molecule is CC(C)(C)C(=O)Oc1ccc(COP(=O)(OCc2ccc(OC(=O)C(C)(C)C)cc2)OP(=O)(O)OC[C@H]2O[C@@H](n3ccc(=O)n(Cc4noc5ccccc45)c3=O)CC2(C)C)cc1. The van der Waals surface area contributed by atoms with Gasteiger partial charge in [0, 0.05) is 24.1 Å². The first-order valence-corrected chi connectivity index (χ1v) is 22.9. The van der Waals surface area contributed by atoms with Crippen LogP contribution in [0.15, 0.2) is 99.2 Å². The third-order valence-electron chi connectivity index (χ3n) is 9.92. The number of benzene rings is 3. The van der Waals surface area contributed by atoms with Crippen LogP contribution in [-0.4, -0.2) is 43.8 Å². The summed E-state index contributed by atoms with van der Waals surface area (Å²) in [7, 11) is -10.2. The fraction of sp³-hybridized carbons (Fsp3) is 0.419. The molecule has 0 spiro atoms. The van der Waals surface area contributed by atoms with Crippen molar-refractivity contribution >= 4 is 38.6 Å². The van der Waals surface area contributed by atoms with E-state index >= 15 is 0 Å². The molecule has 0 radical (unpaired) electrons. The molecule has 1 fully saturated rings. The normalized spacial score (nSPS) is 17.7. The third kappa shape index (κ3) is 12.2. The second-order valence-corrected chi connectivity index (χ2v) is 21.0. The Balaban J connectivity index is 1.14. The highest BCUT2D eigenvalue weighted by atomic mass is 31.3. The molecule has 3 atom stereocenters. The van der Waals surface area contributed by atoms with E-state index in [-0.39, 0.29) is 24.5 Å². The number of esters is 2. The van der Waals surface area contributed by atoms with Crippen LogP contribution in [0.25, 0.3) is 11.0 Å². The molecule has 20 heteroatoms. The van der Waals surface area contributed by atoms with Crippen molar-refractivity contribution in [3.8, 4) is 11.5 Å². The van der Waals surface area contributed by atoms with Gasteiger partial charge >= 0.3 is 33.3 Å². The molecule has 3 heterocycles. The number of carbonyl (C=O) groups is 2. The number of phosphoric acid groups is 2. The lowest BCUT2D eigenvalue weighted by molar-refractivity contribution is -0.143. The van der Waals surface area contributed by atoms with Crippen LogP contribution < -0.4 is 20.7 Å². The Bertz CT molecular complexity index is 2580. The van der Waals surface area contributed by atoms with Crippen LogP contribution in [-0.2, 0) is 61.1 Å². The molecule has 0 saturated carbocycles. The molecule has 0 aliphatic carbocycles. The van der Waals surface area contributed by atoms with Gasteiger partial charge in [-0.2, -0.15) is 4.31 Å². The van der Waals surface area contributed by atoms with E-state index in [2.05, 4.69) is 5.16 Å². The number of hydrogen-bond donors (Lipinski definition) is 1. The van der Waals surface area contributed by atoms with Crippen molar-refractivity contribution in [3.63, 3.8) is 0 Å². The summed E-state index contributed by atoms with van der Waals surface area (Å²) in [6.07, 6.45) is -0.271. The molecule has 1 saturated heterocycles. The van der Waals surface area contributed by atoms with Crippen LogP contribution in [0.4, 0.5) is 0 Å². The molecule has 6 rings (SSSR count). The third-order valence-corrected chi connectivity index (χ3v) is 12.9. The zero-order valence-corrected chi connectivity index (χ0v) is 38.0. The Kier molecular flexibility index (Phi) is 14.0. The molecule has 1 unspecified atom stereocenters. The van der Waals surface area contributed by atoms with Crippen LogP contribution in [0.1, 0.15) is 84.9 Å². The maximum atomic E-state index is 14.1. The Morgan fingerprint density at radius 2 is 1.35 bits per heavy atom. The highest BCUT2D eigenvalue weighted by Gasteiger charge is 2.46. The minimum absolute atomic E-state index is 0.163. The fourth-order valence-electron chi connectivity index (χ4n) is 6.06. The van der Waals surface area contributed by atoms with Gasteiger partial charge in [-0.05, 0) is 94.5 Å². The number of para-hydroxylation sites is 1. The standard InChI is InChI=1S/C43H51N3O15P2/c1-41(2,3)38(48)57-30-17-13-28(14-18-30)25-55-63(53,56-26-29-15-19-31(20-16-29)58-39(49)42(4,5)6)61-62(51,52)54-27-35-43(7,8)23-37(59-35)45-22-21-36(47)46(40(45)50)24-33-32-11-9-10-12-34(32)60-44-33/h9-22,35,37H,23-27H2,1-8H3,(H,51,52)/t35-,37-/m1/s1. The molecular weight excluding hydrogens is 860 g/mol. The summed E-state index contributed by atoms with van der Waals surface area (Å²) >= 11 is 0. The molecule has 338 valence electrons. The molecule has 3 aromatic carbocycles. The average molecular weight is 912 g/mol. The van der Waals surface area contributed by atoms with E-state index in [9.17, 15) is 33.2 Å². The molecule has 2 aromatic heterocycles. The molecule has 1 aliphatic heterocycles. The summed E-state index contributed by atoms with van der Waals surface area (Å²) in [5.74, 6) is -0.394. The lowest BCUT2D eigenvalue weighted by atomic mass is 9.85. The van der Waals surface area contributed by atoms with Gasteiger partial charge in [0.25, 0.3) is 5.56 Å². The number of phosphoric ester groups is 2. The zero-order valence-electron chi connectivity index (χ0n) is 36.2. The average Bonchev–Trinajstić information content (AvgIpc) is 3.76. The Morgan fingerprint density at radius 1 is 0.810 bits per heavy atom. The quantitative estimate of drug-likeness (QED) is 0.0561. The van der Waals surface area contributed by atoms with Gasteiger partial charge in [0.2, 0.25) is 0 Å². The van der Waals surface area contributed by atoms with Crippen molar-refractivity contribution in [2.75, 3.05) is 6.61 Å². The highest BCUT2D eigenvalue weighted by molar-refractivity contribution is 7.61. The Morgan fingerprint density at radius 3 is 1.89 bits per heavy atom. The maximum Gasteiger partial charge on any atom is 0.484 e. The van der Waals surface area contributed by atoms with Gasteiger partial charge in [0.15, 0.2) is 5.58 Å². The molecule has 5 aromatic rings. The van der Waals surface area contributed by atoms with Crippen molar-refractivity contribution in [3.05, 3.63) is 123 Å². The predicted molar refractivity (Wildman–Crippen MR) is 227 cm³/mol. The van der Waals surface area contributed by atoms with Crippen molar-refractivity contribution < 1.29 is 60.2 Å². The summed E-state index contributed by atoms with van der Waals surface area (Å²) in [6.45, 7) is 12.3. The monoisotopic (exact) mass is 911 g/mol. The summed E-state index contributed by atoms with van der Waals surface area (Å²) in [5, 5.41) is 4.69. The number of nitrogens with zero attached hydrogens (tertiary/aromatic N) is 3. The Hall–Kier alpha value is -5.03. The van der Waals surface area contributed by atoms with Crippen molar-refractivity contribution in [2.45, 2.75) is 93.9 Å². The molecule has 18 nitrogen and oxygen atoms in total. The van der Waals surface area contributed by atoms with Gasteiger partial charge in [-0.15, -0.1) is 0 Å². The van der Waals surface area contributed by atoms with E-state index < -0.39 is 87.2 Å². The fourth-order valence-corrected chi connectivity index (χ4v) is 8.65. The first kappa shape index (κ1) is 47.4. The van der Waals surface area contributed by atoms with Gasteiger partial charge in [-0.25, -0.2) is 13.9 Å². The number of fused-ring (bicyclic) bond motifs is 1. The van der Waals surface area contributed by atoms with Crippen LogP contribution >= 0.6 is 15.6 Å². The predicted octanol–water partition coefficient (Wildman–Crippen LogP) is 8.09. The smallest absolute Gasteiger partial charge is 0.426 e. The number of carbonyl (C=O) groups excluding carboxylic acids is 2. The van der Waals surface area contributed by atoms with E-state index in [1.807, 2.05) is 0 Å². The summed E-state index contributed by atoms with van der Waals surface area (Å²) in [4.78, 5) is 62.2. The maximum absolute atomic E-state index is 14.1. The minimum Gasteiger partial charge on any atom is -0.426 e. The molecule has 1 aliphatic rings. The minimum atomic E-state index is -5.25. The molecule has 0 amide bonds. The first-order chi connectivity index (χ1) is 29.4. The van der Waals surface area contributed by atoms with E-state index in [1.54, 1.807) is 79.7 Å². The van der Waals surface area contributed by atoms with Crippen molar-refractivity contribution in [2.24, 2.45) is 16.2 Å². The van der Waals surface area contributed by atoms with E-state index in [0.717, 1.165) is 4.57 Å². The van der Waals surface area contributed by atoms with Crippen LogP contribution in [0.5, 0.6) is 11.5 Å². The Labute approximate surface area is 363 Å². The molecule has 1 N–H and O–H groups in total. The van der Waals surface area contributed by atoms with Gasteiger partial charge in [-0.3, -0.25) is 37.1 Å². The second kappa shape index (κ2) is 18.6. The number of aromatic nitrogens is 3. The lowest BCUT2D eigenvalue weighted by Crippen LogP contribution is -2.40. The topological polar surface area (TPSA) is 223 Å². The van der Waals surface area contributed by atoms with E-state index in [1.165, 1.54) is 65.4 Å². The van der Waals surface area contributed by atoms with E-state index in [4.69, 9.17) is 36.6 Å². The first-order valence-electron chi connectivity index (χ1n) is 19.9. The van der Waals surface area contributed by atoms with Gasteiger partial charge in [0.1, 0.15) is 23.4 Å². The second-order valence-electron chi connectivity index (χ2n) is 17.7.